The van der Waals surface area contributed by atoms with Gasteiger partial charge in [-0.1, -0.05) is 18.2 Å². The number of methoxy groups -OCH3 is 1. The van der Waals surface area contributed by atoms with E-state index >= 15 is 0 Å². The first-order valence-corrected chi connectivity index (χ1v) is 6.69. The van der Waals surface area contributed by atoms with E-state index in [0.717, 1.165) is 16.2 Å². The normalized spacial score (nSPS) is 10.2. The van der Waals surface area contributed by atoms with Crippen LogP contribution in [0.3, 0.4) is 0 Å². The Balaban J connectivity index is 2.04. The number of rotatable bonds is 4. The van der Waals surface area contributed by atoms with Gasteiger partial charge in [-0.15, -0.1) is 11.3 Å². The van der Waals surface area contributed by atoms with Gasteiger partial charge in [0, 0.05) is 22.7 Å². The number of aryl methyl sites for hydroxylation is 1. The number of carbonyl (C=O) groups is 1. The van der Waals surface area contributed by atoms with Crippen molar-refractivity contribution in [2.24, 2.45) is 0 Å². The highest BCUT2D eigenvalue weighted by Gasteiger charge is 2.11. The van der Waals surface area contributed by atoms with Crippen LogP contribution in [0.5, 0.6) is 5.75 Å². The first kappa shape index (κ1) is 13.4. The Morgan fingerprint density at radius 3 is 2.79 bits per heavy atom. The molecule has 5 heteroatoms. The molecule has 0 fully saturated rings. The van der Waals surface area contributed by atoms with E-state index in [9.17, 15) is 4.79 Å². The fourth-order valence-corrected chi connectivity index (χ4v) is 2.58. The second-order valence-corrected chi connectivity index (χ2v) is 5.37. The standard InChI is InChI=1S/C14H16N2O2S/c1-9-11(15)7-13(19-9)14(17)16-8-10-5-3-4-6-12(10)18-2/h3-7H,8,15H2,1-2H3,(H,16,17). The van der Waals surface area contributed by atoms with Crippen LogP contribution < -0.4 is 15.8 Å². The number of nitrogens with two attached hydrogens (primary N) is 1. The molecule has 1 heterocycles. The summed E-state index contributed by atoms with van der Waals surface area (Å²) in [6.07, 6.45) is 0. The second kappa shape index (κ2) is 5.75. The lowest BCUT2D eigenvalue weighted by Crippen LogP contribution is -2.22. The monoisotopic (exact) mass is 276 g/mol. The van der Waals surface area contributed by atoms with Gasteiger partial charge in [0.05, 0.1) is 12.0 Å². The predicted molar refractivity (Wildman–Crippen MR) is 77.6 cm³/mol. The number of hydrogen-bond donors (Lipinski definition) is 2. The van der Waals surface area contributed by atoms with Crippen molar-refractivity contribution in [2.75, 3.05) is 12.8 Å². The summed E-state index contributed by atoms with van der Waals surface area (Å²) in [5.74, 6) is 0.653. The molecule has 1 aromatic carbocycles. The van der Waals surface area contributed by atoms with Gasteiger partial charge in [0.25, 0.3) is 5.91 Å². The number of hydrogen-bond acceptors (Lipinski definition) is 4. The number of carbonyl (C=O) groups excluding carboxylic acids is 1. The third-order valence-corrected chi connectivity index (χ3v) is 3.88. The number of thiophene rings is 1. The highest BCUT2D eigenvalue weighted by atomic mass is 32.1. The summed E-state index contributed by atoms with van der Waals surface area (Å²) >= 11 is 1.40. The zero-order valence-corrected chi connectivity index (χ0v) is 11.7. The van der Waals surface area contributed by atoms with Gasteiger partial charge in [0.1, 0.15) is 5.75 Å². The second-order valence-electron chi connectivity index (χ2n) is 4.12. The highest BCUT2D eigenvalue weighted by Crippen LogP contribution is 2.23. The van der Waals surface area contributed by atoms with Gasteiger partial charge in [0.2, 0.25) is 0 Å². The summed E-state index contributed by atoms with van der Waals surface area (Å²) in [6, 6.07) is 9.31. The van der Waals surface area contributed by atoms with Crippen molar-refractivity contribution in [1.29, 1.82) is 0 Å². The molecule has 1 aromatic heterocycles. The minimum Gasteiger partial charge on any atom is -0.496 e. The van der Waals surface area contributed by atoms with Gasteiger partial charge in [-0.25, -0.2) is 0 Å². The van der Waals surface area contributed by atoms with Crippen LogP contribution in [0.4, 0.5) is 5.69 Å². The molecule has 0 saturated carbocycles. The summed E-state index contributed by atoms with van der Waals surface area (Å²) < 4.78 is 5.24. The zero-order chi connectivity index (χ0) is 13.8. The number of ether oxygens (including phenoxy) is 1. The Bertz CT molecular complexity index is 573. The molecule has 100 valence electrons. The number of para-hydroxylation sites is 1. The maximum atomic E-state index is 12.0. The topological polar surface area (TPSA) is 64.3 Å². The molecule has 0 radical (unpaired) electrons. The lowest BCUT2D eigenvalue weighted by atomic mass is 10.2. The molecule has 1 amide bonds. The first-order chi connectivity index (χ1) is 9.11. The summed E-state index contributed by atoms with van der Waals surface area (Å²) in [4.78, 5) is 13.6. The molecule has 0 aliphatic carbocycles. The van der Waals surface area contributed by atoms with E-state index in [1.807, 2.05) is 31.2 Å². The molecule has 2 rings (SSSR count). The van der Waals surface area contributed by atoms with Crippen molar-refractivity contribution in [3.8, 4) is 5.75 Å². The number of benzene rings is 1. The van der Waals surface area contributed by atoms with Crippen molar-refractivity contribution >= 4 is 22.9 Å². The minimum absolute atomic E-state index is 0.115. The van der Waals surface area contributed by atoms with Crippen molar-refractivity contribution in [2.45, 2.75) is 13.5 Å². The molecule has 0 spiro atoms. The average Bonchev–Trinajstić information content (AvgIpc) is 2.76. The van der Waals surface area contributed by atoms with Crippen LogP contribution in [0.15, 0.2) is 30.3 Å². The van der Waals surface area contributed by atoms with E-state index in [1.165, 1.54) is 11.3 Å². The molecule has 2 aromatic rings. The molecule has 4 nitrogen and oxygen atoms in total. The highest BCUT2D eigenvalue weighted by molar-refractivity contribution is 7.14. The van der Waals surface area contributed by atoms with Gasteiger partial charge in [-0.2, -0.15) is 0 Å². The van der Waals surface area contributed by atoms with E-state index in [4.69, 9.17) is 10.5 Å². The fraction of sp³-hybridized carbons (Fsp3) is 0.214. The van der Waals surface area contributed by atoms with Crippen LogP contribution in [-0.4, -0.2) is 13.0 Å². The Hall–Kier alpha value is -2.01. The van der Waals surface area contributed by atoms with Crippen LogP contribution in [0.25, 0.3) is 0 Å². The van der Waals surface area contributed by atoms with Gasteiger partial charge in [0.15, 0.2) is 0 Å². The van der Waals surface area contributed by atoms with Gasteiger partial charge in [-0.05, 0) is 19.1 Å². The van der Waals surface area contributed by atoms with Gasteiger partial charge in [-0.3, -0.25) is 4.79 Å². The van der Waals surface area contributed by atoms with E-state index in [1.54, 1.807) is 13.2 Å². The summed E-state index contributed by atoms with van der Waals surface area (Å²) in [6.45, 7) is 2.33. The molecule has 0 atom stereocenters. The van der Waals surface area contributed by atoms with Crippen molar-refractivity contribution in [3.05, 3.63) is 45.6 Å². The van der Waals surface area contributed by atoms with Gasteiger partial charge >= 0.3 is 0 Å². The van der Waals surface area contributed by atoms with Crippen molar-refractivity contribution in [1.82, 2.24) is 5.32 Å². The smallest absolute Gasteiger partial charge is 0.261 e. The maximum Gasteiger partial charge on any atom is 0.261 e. The average molecular weight is 276 g/mol. The van der Waals surface area contributed by atoms with Crippen LogP contribution in [0.2, 0.25) is 0 Å². The molecular weight excluding hydrogens is 260 g/mol. The van der Waals surface area contributed by atoms with Crippen LogP contribution in [0.1, 0.15) is 20.1 Å². The number of nitrogen functional groups attached to an aromatic ring is 1. The Kier molecular flexibility index (Phi) is 4.06. The summed E-state index contributed by atoms with van der Waals surface area (Å²) in [7, 11) is 1.62. The summed E-state index contributed by atoms with van der Waals surface area (Å²) in [5, 5.41) is 2.87. The van der Waals surface area contributed by atoms with Crippen molar-refractivity contribution in [3.63, 3.8) is 0 Å². The SMILES string of the molecule is COc1ccccc1CNC(=O)c1cc(N)c(C)s1. The third-order valence-electron chi connectivity index (χ3n) is 2.81. The molecule has 0 bridgehead atoms. The molecule has 0 aliphatic rings. The molecule has 0 saturated heterocycles. The lowest BCUT2D eigenvalue weighted by Gasteiger charge is -2.08. The first-order valence-electron chi connectivity index (χ1n) is 5.88. The number of amides is 1. The van der Waals surface area contributed by atoms with E-state index in [2.05, 4.69) is 5.32 Å². The van der Waals surface area contributed by atoms with Crippen LogP contribution >= 0.6 is 11.3 Å². The minimum atomic E-state index is -0.115. The quantitative estimate of drug-likeness (QED) is 0.902. The molecular formula is C14H16N2O2S. The molecule has 0 aliphatic heterocycles. The van der Waals surface area contributed by atoms with Gasteiger partial charge < -0.3 is 15.8 Å². The third kappa shape index (κ3) is 3.06. The van der Waals surface area contributed by atoms with E-state index in [-0.39, 0.29) is 5.91 Å². The van der Waals surface area contributed by atoms with Crippen molar-refractivity contribution < 1.29 is 9.53 Å². The van der Waals surface area contributed by atoms with E-state index in [0.29, 0.717) is 17.1 Å². The Morgan fingerprint density at radius 1 is 1.42 bits per heavy atom. The molecule has 19 heavy (non-hydrogen) atoms. The fourth-order valence-electron chi connectivity index (χ4n) is 1.72. The Morgan fingerprint density at radius 2 is 2.16 bits per heavy atom. The zero-order valence-electron chi connectivity index (χ0n) is 10.9. The van der Waals surface area contributed by atoms with Crippen LogP contribution in [-0.2, 0) is 6.54 Å². The lowest BCUT2D eigenvalue weighted by molar-refractivity contribution is 0.0955. The van der Waals surface area contributed by atoms with E-state index < -0.39 is 0 Å². The Labute approximate surface area is 116 Å². The summed E-state index contributed by atoms with van der Waals surface area (Å²) in [5.41, 5.74) is 7.35. The largest absolute Gasteiger partial charge is 0.496 e. The molecule has 0 unspecified atom stereocenters. The molecule has 3 N–H and O–H groups in total. The van der Waals surface area contributed by atoms with Crippen LogP contribution in [0, 0.1) is 6.92 Å². The number of anilines is 1. The maximum absolute atomic E-state index is 12.0. The predicted octanol–water partition coefficient (Wildman–Crippen LogP) is 2.58. The number of nitrogens with one attached hydrogen (secondary N) is 1.